The van der Waals surface area contributed by atoms with Crippen LogP contribution in [0.5, 0.6) is 0 Å². The first kappa shape index (κ1) is 7.67. The first-order valence-electron chi connectivity index (χ1n) is 3.86. The summed E-state index contributed by atoms with van der Waals surface area (Å²) < 4.78 is 0.905. The van der Waals surface area contributed by atoms with Gasteiger partial charge in [0.2, 0.25) is 0 Å². The highest BCUT2D eigenvalue weighted by atomic mass is 16.5. The van der Waals surface area contributed by atoms with Crippen LogP contribution in [0.1, 0.15) is 0 Å². The molecule has 0 saturated carbocycles. The van der Waals surface area contributed by atoms with Gasteiger partial charge >= 0.3 is 0 Å². The molecule has 0 unspecified atom stereocenters. The number of rotatable bonds is 0. The number of nitrogens with zero attached hydrogens (tertiary/aromatic N) is 2. The molecule has 1 heterocycles. The van der Waals surface area contributed by atoms with Crippen molar-refractivity contribution >= 4 is 10.8 Å². The summed E-state index contributed by atoms with van der Waals surface area (Å²) in [7, 11) is 0. The van der Waals surface area contributed by atoms with Gasteiger partial charge in [0.15, 0.2) is 5.49 Å². The van der Waals surface area contributed by atoms with Crippen molar-refractivity contribution in [2.45, 2.75) is 0 Å². The summed E-state index contributed by atoms with van der Waals surface area (Å²) in [6, 6.07) is 9.38. The monoisotopic (exact) mass is 175 g/mol. The summed E-state index contributed by atoms with van der Waals surface area (Å²) in [6.07, 6.45) is 1.57. The van der Waals surface area contributed by atoms with Crippen LogP contribution in [0.25, 0.3) is 10.8 Å². The van der Waals surface area contributed by atoms with E-state index < -0.39 is 0 Å². The molecule has 1 aromatic carbocycles. The van der Waals surface area contributed by atoms with Gasteiger partial charge in [-0.2, -0.15) is 9.83 Å². The highest BCUT2D eigenvalue weighted by Gasteiger charge is 1.94. The zero-order chi connectivity index (χ0) is 9.26. The lowest BCUT2D eigenvalue weighted by atomic mass is 10.2. The Hall–Kier alpha value is -1.97. The Morgan fingerprint density at radius 3 is 2.62 bits per heavy atom. The van der Waals surface area contributed by atoms with E-state index in [2.05, 4.69) is 5.10 Å². The highest BCUT2D eigenvalue weighted by molar-refractivity contribution is 5.81. The van der Waals surface area contributed by atoms with Crippen molar-refractivity contribution in [3.05, 3.63) is 42.0 Å². The van der Waals surface area contributed by atoms with Gasteiger partial charge < -0.3 is 11.0 Å². The van der Waals surface area contributed by atoms with Crippen molar-refractivity contribution in [2.75, 3.05) is 0 Å². The van der Waals surface area contributed by atoms with Crippen molar-refractivity contribution in [1.82, 2.24) is 4.73 Å². The van der Waals surface area contributed by atoms with Crippen LogP contribution >= 0.6 is 0 Å². The van der Waals surface area contributed by atoms with Crippen LogP contribution in [-0.2, 0) is 0 Å². The van der Waals surface area contributed by atoms with Crippen LogP contribution in [0.15, 0.2) is 41.6 Å². The van der Waals surface area contributed by atoms with Crippen LogP contribution < -0.4 is 11.3 Å². The number of pyridine rings is 1. The van der Waals surface area contributed by atoms with Crippen molar-refractivity contribution < 1.29 is 5.21 Å². The predicted molar refractivity (Wildman–Crippen MR) is 48.9 cm³/mol. The molecule has 13 heavy (non-hydrogen) atoms. The summed E-state index contributed by atoms with van der Waals surface area (Å²) in [5.74, 6) is 5.09. The molecule has 0 spiro atoms. The Bertz CT molecular complexity index is 501. The van der Waals surface area contributed by atoms with Gasteiger partial charge in [0.05, 0.1) is 6.20 Å². The third-order valence-corrected chi connectivity index (χ3v) is 1.91. The van der Waals surface area contributed by atoms with E-state index in [0.29, 0.717) is 5.49 Å². The molecule has 3 N–H and O–H groups in total. The van der Waals surface area contributed by atoms with Gasteiger partial charge in [-0.25, -0.2) is 0 Å². The predicted octanol–water partition coefficient (Wildman–Crippen LogP) is 0.653. The molecule has 4 heteroatoms. The molecule has 4 nitrogen and oxygen atoms in total. The molecule has 2 aromatic rings. The van der Waals surface area contributed by atoms with Gasteiger partial charge in [-0.1, -0.05) is 24.3 Å². The summed E-state index contributed by atoms with van der Waals surface area (Å²) in [6.45, 7) is 0. The molecule has 0 aliphatic rings. The lowest BCUT2D eigenvalue weighted by Gasteiger charge is -2.00. The Morgan fingerprint density at radius 1 is 1.23 bits per heavy atom. The lowest BCUT2D eigenvalue weighted by Crippen LogP contribution is -2.19. The molecule has 2 rings (SSSR count). The fourth-order valence-electron chi connectivity index (χ4n) is 1.26. The molecule has 1 aromatic heterocycles. The standard InChI is InChI=1S/C9H9N3O/c10-11-9-5-7-3-1-2-4-8(7)6-12(9)13/h1-6,13H,10H2/b11-9-. The fraction of sp³-hybridized carbons (Fsp3) is 0. The second kappa shape index (κ2) is 2.82. The summed E-state index contributed by atoms with van der Waals surface area (Å²) in [4.78, 5) is 0. The smallest absolute Gasteiger partial charge is 0.187 e. The minimum Gasteiger partial charge on any atom is -0.427 e. The third-order valence-electron chi connectivity index (χ3n) is 1.91. The number of benzene rings is 1. The van der Waals surface area contributed by atoms with Crippen molar-refractivity contribution in [3.8, 4) is 0 Å². The minimum atomic E-state index is 0.332. The Kier molecular flexibility index (Phi) is 1.66. The van der Waals surface area contributed by atoms with E-state index in [-0.39, 0.29) is 0 Å². The normalized spacial score (nSPS) is 12.2. The van der Waals surface area contributed by atoms with Gasteiger partial charge in [0.25, 0.3) is 0 Å². The van der Waals surface area contributed by atoms with Gasteiger partial charge in [-0.05, 0) is 11.5 Å². The average molecular weight is 175 g/mol. The molecular weight excluding hydrogens is 166 g/mol. The molecule has 0 aliphatic heterocycles. The maximum atomic E-state index is 9.35. The van der Waals surface area contributed by atoms with E-state index in [1.54, 1.807) is 12.3 Å². The molecule has 0 atom stereocenters. The van der Waals surface area contributed by atoms with E-state index in [1.807, 2.05) is 24.3 Å². The topological polar surface area (TPSA) is 63.5 Å². The first-order chi connectivity index (χ1) is 6.31. The van der Waals surface area contributed by atoms with E-state index in [9.17, 15) is 5.21 Å². The largest absolute Gasteiger partial charge is 0.427 e. The molecule has 66 valence electrons. The minimum absolute atomic E-state index is 0.332. The number of aromatic nitrogens is 1. The second-order valence-electron chi connectivity index (χ2n) is 2.73. The van der Waals surface area contributed by atoms with Gasteiger partial charge in [0.1, 0.15) is 0 Å². The van der Waals surface area contributed by atoms with Gasteiger partial charge in [-0.3, -0.25) is 0 Å². The SMILES string of the molecule is N/N=c1/cc2ccccc2cn1O. The van der Waals surface area contributed by atoms with Crippen molar-refractivity contribution in [2.24, 2.45) is 10.9 Å². The number of hydrogen-bond acceptors (Lipinski definition) is 3. The molecular formula is C9H9N3O. The average Bonchev–Trinajstić information content (AvgIpc) is 2.17. The Balaban J connectivity index is 2.90. The first-order valence-corrected chi connectivity index (χ1v) is 3.86. The molecule has 0 radical (unpaired) electrons. The lowest BCUT2D eigenvalue weighted by molar-refractivity contribution is 0.173. The zero-order valence-electron chi connectivity index (χ0n) is 6.88. The Labute approximate surface area is 74.5 Å². The summed E-state index contributed by atoms with van der Waals surface area (Å²) >= 11 is 0. The summed E-state index contributed by atoms with van der Waals surface area (Å²) in [5.41, 5.74) is 0.332. The van der Waals surface area contributed by atoms with E-state index in [0.717, 1.165) is 15.5 Å². The van der Waals surface area contributed by atoms with Crippen LogP contribution in [-0.4, -0.2) is 9.94 Å². The van der Waals surface area contributed by atoms with Crippen molar-refractivity contribution in [3.63, 3.8) is 0 Å². The Morgan fingerprint density at radius 2 is 1.92 bits per heavy atom. The maximum Gasteiger partial charge on any atom is 0.187 e. The van der Waals surface area contributed by atoms with Crippen LogP contribution in [0.4, 0.5) is 0 Å². The third kappa shape index (κ3) is 1.22. The molecule has 0 saturated heterocycles. The van der Waals surface area contributed by atoms with Gasteiger partial charge in [-0.15, -0.1) is 0 Å². The second-order valence-corrected chi connectivity index (χ2v) is 2.73. The van der Waals surface area contributed by atoms with Crippen LogP contribution in [0.2, 0.25) is 0 Å². The van der Waals surface area contributed by atoms with Gasteiger partial charge in [0, 0.05) is 5.39 Å². The maximum absolute atomic E-state index is 9.35. The zero-order valence-corrected chi connectivity index (χ0v) is 6.88. The molecule has 0 amide bonds. The number of nitrogens with two attached hydrogens (primary N) is 1. The number of fused-ring (bicyclic) bond motifs is 1. The van der Waals surface area contributed by atoms with Crippen LogP contribution in [0.3, 0.4) is 0 Å². The van der Waals surface area contributed by atoms with E-state index >= 15 is 0 Å². The highest BCUT2D eigenvalue weighted by Crippen LogP contribution is 2.08. The fourth-order valence-corrected chi connectivity index (χ4v) is 1.26. The van der Waals surface area contributed by atoms with E-state index in [4.69, 9.17) is 5.84 Å². The molecule has 0 aliphatic carbocycles. The quantitative estimate of drug-likeness (QED) is 0.351. The molecule has 0 bridgehead atoms. The number of hydrogen-bond donors (Lipinski definition) is 2. The molecule has 0 fully saturated rings. The summed E-state index contributed by atoms with van der Waals surface area (Å²) in [5, 5.41) is 14.7. The van der Waals surface area contributed by atoms with Crippen molar-refractivity contribution in [1.29, 1.82) is 0 Å². The van der Waals surface area contributed by atoms with E-state index in [1.165, 1.54) is 0 Å². The van der Waals surface area contributed by atoms with Crippen LogP contribution in [0, 0.1) is 0 Å².